The van der Waals surface area contributed by atoms with Gasteiger partial charge in [-0.2, -0.15) is 5.26 Å². The number of nitrogens with zero attached hydrogens (tertiary/aromatic N) is 1. The molecule has 98 valence electrons. The van der Waals surface area contributed by atoms with Crippen LogP contribution in [0, 0.1) is 21.8 Å². The fraction of sp³-hybridized carbons (Fsp3) is 0.0833. The van der Waals surface area contributed by atoms with Crippen molar-refractivity contribution in [2.45, 2.75) is 11.1 Å². The van der Waals surface area contributed by atoms with Crippen LogP contribution in [0.5, 0.6) is 0 Å². The molecule has 1 aromatic carbocycles. The van der Waals surface area contributed by atoms with Crippen molar-refractivity contribution in [3.8, 4) is 6.07 Å². The zero-order valence-corrected chi connectivity index (χ0v) is 13.6. The van der Waals surface area contributed by atoms with Crippen LogP contribution in [0.15, 0.2) is 34.5 Å². The predicted molar refractivity (Wildman–Crippen MR) is 83.7 cm³/mol. The monoisotopic (exact) mass is 404 g/mol. The number of aryl methyl sites for hydroxylation is 1. The molecule has 2 aromatic rings. The molecule has 0 amide bonds. The molecule has 0 aliphatic carbocycles. The minimum atomic E-state index is -3.63. The van der Waals surface area contributed by atoms with Crippen molar-refractivity contribution >= 4 is 49.6 Å². The fourth-order valence-corrected chi connectivity index (χ4v) is 4.14. The Morgan fingerprint density at radius 3 is 2.68 bits per heavy atom. The summed E-state index contributed by atoms with van der Waals surface area (Å²) in [6, 6.07) is 10.4. The molecule has 0 radical (unpaired) electrons. The van der Waals surface area contributed by atoms with Gasteiger partial charge in [-0.1, -0.05) is 6.07 Å². The largest absolute Gasteiger partial charge is 0.279 e. The van der Waals surface area contributed by atoms with Crippen molar-refractivity contribution in [1.82, 2.24) is 0 Å². The molecule has 7 heteroatoms. The maximum absolute atomic E-state index is 12.2. The number of benzene rings is 1. The summed E-state index contributed by atoms with van der Waals surface area (Å²) in [7, 11) is -3.63. The highest BCUT2D eigenvalue weighted by atomic mass is 127. The van der Waals surface area contributed by atoms with E-state index >= 15 is 0 Å². The van der Waals surface area contributed by atoms with Crippen LogP contribution in [-0.2, 0) is 10.0 Å². The van der Waals surface area contributed by atoms with Gasteiger partial charge in [-0.15, -0.1) is 11.3 Å². The van der Waals surface area contributed by atoms with E-state index in [0.717, 1.165) is 20.5 Å². The molecule has 0 unspecified atom stereocenters. The van der Waals surface area contributed by atoms with E-state index in [9.17, 15) is 8.42 Å². The molecule has 2 rings (SSSR count). The molecule has 0 aliphatic heterocycles. The van der Waals surface area contributed by atoms with Crippen molar-refractivity contribution < 1.29 is 8.42 Å². The van der Waals surface area contributed by atoms with Gasteiger partial charge in [-0.3, -0.25) is 4.72 Å². The lowest BCUT2D eigenvalue weighted by Crippen LogP contribution is -2.12. The zero-order chi connectivity index (χ0) is 14.0. The van der Waals surface area contributed by atoms with Crippen LogP contribution in [0.2, 0.25) is 0 Å². The van der Waals surface area contributed by atoms with Crippen LogP contribution in [0.4, 0.5) is 5.69 Å². The Hall–Kier alpha value is -1.11. The van der Waals surface area contributed by atoms with Gasteiger partial charge in [-0.05, 0) is 59.3 Å². The maximum atomic E-state index is 12.2. The van der Waals surface area contributed by atoms with Crippen LogP contribution in [-0.4, -0.2) is 8.42 Å². The second-order valence-electron chi connectivity index (χ2n) is 3.80. The average molecular weight is 404 g/mol. The number of hydrogen-bond acceptors (Lipinski definition) is 4. The van der Waals surface area contributed by atoms with Crippen LogP contribution in [0.1, 0.15) is 10.4 Å². The van der Waals surface area contributed by atoms with Gasteiger partial charge >= 0.3 is 0 Å². The molecule has 1 aromatic heterocycles. The van der Waals surface area contributed by atoms with E-state index in [-0.39, 0.29) is 4.21 Å². The number of sulfonamides is 1. The molecule has 0 saturated carbocycles. The van der Waals surface area contributed by atoms with Crippen LogP contribution >= 0.6 is 33.9 Å². The van der Waals surface area contributed by atoms with E-state index in [1.807, 2.05) is 25.1 Å². The first kappa shape index (κ1) is 14.3. The number of halogens is 1. The highest BCUT2D eigenvalue weighted by Gasteiger charge is 2.18. The number of anilines is 1. The minimum Gasteiger partial charge on any atom is -0.279 e. The van der Waals surface area contributed by atoms with Gasteiger partial charge in [0.15, 0.2) is 0 Å². The minimum absolute atomic E-state index is 0.141. The zero-order valence-electron chi connectivity index (χ0n) is 9.84. The Bertz CT molecular complexity index is 760. The molecule has 0 spiro atoms. The van der Waals surface area contributed by atoms with Gasteiger partial charge < -0.3 is 0 Å². The standard InChI is InChI=1S/C12H9IN2O2S2/c1-8-2-3-9(13)6-11(8)15-19(16,17)12-5-4-10(7-14)18-12/h2-6,15H,1H3. The molecule has 1 heterocycles. The maximum Gasteiger partial charge on any atom is 0.271 e. The Morgan fingerprint density at radius 1 is 1.32 bits per heavy atom. The molecule has 0 fully saturated rings. The first-order valence-electron chi connectivity index (χ1n) is 5.21. The summed E-state index contributed by atoms with van der Waals surface area (Å²) in [5, 5.41) is 8.73. The molecule has 0 saturated heterocycles. The first-order chi connectivity index (χ1) is 8.92. The molecular weight excluding hydrogens is 395 g/mol. The van der Waals surface area contributed by atoms with Gasteiger partial charge in [0.25, 0.3) is 10.0 Å². The smallest absolute Gasteiger partial charge is 0.271 e. The topological polar surface area (TPSA) is 70.0 Å². The molecule has 0 bridgehead atoms. The first-order valence-corrected chi connectivity index (χ1v) is 8.59. The number of thiophene rings is 1. The number of nitrogens with one attached hydrogen (secondary N) is 1. The molecule has 0 atom stereocenters. The summed E-state index contributed by atoms with van der Waals surface area (Å²) in [5.74, 6) is 0. The second-order valence-corrected chi connectivity index (χ2v) is 8.03. The third-order valence-corrected chi connectivity index (χ3v) is 5.92. The van der Waals surface area contributed by atoms with E-state index in [1.54, 1.807) is 6.07 Å². The van der Waals surface area contributed by atoms with Gasteiger partial charge in [0.1, 0.15) is 15.2 Å². The summed E-state index contributed by atoms with van der Waals surface area (Å²) in [5.41, 5.74) is 1.40. The van der Waals surface area contributed by atoms with Crippen molar-refractivity contribution in [3.05, 3.63) is 44.3 Å². The van der Waals surface area contributed by atoms with Crippen molar-refractivity contribution in [1.29, 1.82) is 5.26 Å². The summed E-state index contributed by atoms with van der Waals surface area (Å²) in [6.45, 7) is 1.84. The highest BCUT2D eigenvalue weighted by molar-refractivity contribution is 14.1. The van der Waals surface area contributed by atoms with Gasteiger partial charge in [0.05, 0.1) is 5.69 Å². The summed E-state index contributed by atoms with van der Waals surface area (Å²) >= 11 is 3.08. The lowest BCUT2D eigenvalue weighted by atomic mass is 10.2. The van der Waals surface area contributed by atoms with E-state index < -0.39 is 10.0 Å². The number of rotatable bonds is 3. The van der Waals surface area contributed by atoms with Crippen LogP contribution < -0.4 is 4.72 Å². The highest BCUT2D eigenvalue weighted by Crippen LogP contribution is 2.25. The molecule has 0 aliphatic rings. The number of nitriles is 1. The van der Waals surface area contributed by atoms with Crippen molar-refractivity contribution in [2.24, 2.45) is 0 Å². The molecule has 1 N–H and O–H groups in total. The summed E-state index contributed by atoms with van der Waals surface area (Å²) in [4.78, 5) is 0.375. The fourth-order valence-electron chi connectivity index (χ4n) is 1.42. The Labute approximate surface area is 129 Å². The van der Waals surface area contributed by atoms with Crippen molar-refractivity contribution in [2.75, 3.05) is 4.72 Å². The van der Waals surface area contributed by atoms with Gasteiger partial charge in [0.2, 0.25) is 0 Å². The van der Waals surface area contributed by atoms with E-state index in [1.165, 1.54) is 12.1 Å². The summed E-state index contributed by atoms with van der Waals surface area (Å²) in [6.07, 6.45) is 0. The lowest BCUT2D eigenvalue weighted by molar-refractivity contribution is 0.603. The van der Waals surface area contributed by atoms with E-state index in [2.05, 4.69) is 27.3 Å². The Kier molecular flexibility index (Phi) is 4.13. The summed E-state index contributed by atoms with van der Waals surface area (Å²) < 4.78 is 28.0. The predicted octanol–water partition coefficient (Wildman–Crippen LogP) is 3.33. The SMILES string of the molecule is Cc1ccc(I)cc1NS(=O)(=O)c1ccc(C#N)s1. The molecular formula is C12H9IN2O2S2. The van der Waals surface area contributed by atoms with E-state index in [4.69, 9.17) is 5.26 Å². The van der Waals surface area contributed by atoms with Gasteiger partial charge in [0, 0.05) is 3.57 Å². The quantitative estimate of drug-likeness (QED) is 0.798. The third-order valence-electron chi connectivity index (χ3n) is 2.40. The molecule has 19 heavy (non-hydrogen) atoms. The Balaban J connectivity index is 2.36. The van der Waals surface area contributed by atoms with Crippen molar-refractivity contribution in [3.63, 3.8) is 0 Å². The van der Waals surface area contributed by atoms with E-state index in [0.29, 0.717) is 10.6 Å². The van der Waals surface area contributed by atoms with Gasteiger partial charge in [-0.25, -0.2) is 8.42 Å². The Morgan fingerprint density at radius 2 is 2.05 bits per heavy atom. The lowest BCUT2D eigenvalue weighted by Gasteiger charge is -2.09. The van der Waals surface area contributed by atoms with Crippen LogP contribution in [0.25, 0.3) is 0 Å². The number of hydrogen-bond donors (Lipinski definition) is 1. The normalized spacial score (nSPS) is 11.0. The molecule has 4 nitrogen and oxygen atoms in total. The third kappa shape index (κ3) is 3.26. The van der Waals surface area contributed by atoms with Crippen LogP contribution in [0.3, 0.4) is 0 Å². The average Bonchev–Trinajstić information content (AvgIpc) is 2.83. The second kappa shape index (κ2) is 5.48.